The van der Waals surface area contributed by atoms with Gasteiger partial charge in [-0.15, -0.1) is 0 Å². The van der Waals surface area contributed by atoms with Gasteiger partial charge in [0.2, 0.25) is 0 Å². The average Bonchev–Trinajstić information content (AvgIpc) is 2.29. The van der Waals surface area contributed by atoms with Gasteiger partial charge in [0.05, 0.1) is 0 Å². The van der Waals surface area contributed by atoms with Crippen molar-refractivity contribution in [2.75, 3.05) is 0 Å². The molecule has 3 atom stereocenters. The van der Waals surface area contributed by atoms with Crippen molar-refractivity contribution in [1.29, 1.82) is 0 Å². The lowest BCUT2D eigenvalue weighted by molar-refractivity contribution is -0.146. The van der Waals surface area contributed by atoms with Gasteiger partial charge in [-0.05, 0) is 31.1 Å². The summed E-state index contributed by atoms with van der Waals surface area (Å²) in [4.78, 5) is 11.1. The number of ether oxygens (including phenoxy) is 1. The predicted molar refractivity (Wildman–Crippen MR) is 59.4 cm³/mol. The van der Waals surface area contributed by atoms with Gasteiger partial charge >= 0.3 is 5.97 Å². The zero-order valence-corrected chi connectivity index (χ0v) is 9.28. The molecule has 0 bridgehead atoms. The maximum atomic E-state index is 11.1. The number of hydrogen-bond donors (Lipinski definition) is 0. The van der Waals surface area contributed by atoms with Crippen molar-refractivity contribution in [2.24, 2.45) is 11.8 Å². The quantitative estimate of drug-likeness (QED) is 0.515. The van der Waals surface area contributed by atoms with Crippen molar-refractivity contribution < 1.29 is 9.53 Å². The summed E-state index contributed by atoms with van der Waals surface area (Å²) >= 11 is 0. The average molecular weight is 208 g/mol. The van der Waals surface area contributed by atoms with Crippen LogP contribution in [0.5, 0.6) is 0 Å². The van der Waals surface area contributed by atoms with E-state index in [1.165, 1.54) is 38.2 Å². The summed E-state index contributed by atoms with van der Waals surface area (Å²) < 4.78 is 5.33. The monoisotopic (exact) mass is 208 g/mol. The Morgan fingerprint density at radius 3 is 2.60 bits per heavy atom. The largest absolute Gasteiger partial charge is 0.459 e. The molecule has 0 aromatic carbocycles. The normalized spacial score (nSPS) is 35.3. The van der Waals surface area contributed by atoms with Gasteiger partial charge in [0.15, 0.2) is 0 Å². The fraction of sp³-hybridized carbons (Fsp3) is 0.769. The van der Waals surface area contributed by atoms with Gasteiger partial charge in [-0.3, -0.25) is 0 Å². The summed E-state index contributed by atoms with van der Waals surface area (Å²) in [6.07, 6.45) is 10.3. The number of fused-ring (bicyclic) bond motifs is 1. The molecule has 84 valence electrons. The molecule has 0 unspecified atom stereocenters. The fourth-order valence-electron chi connectivity index (χ4n) is 3.15. The first-order chi connectivity index (χ1) is 7.29. The van der Waals surface area contributed by atoms with Crippen molar-refractivity contribution >= 4 is 5.97 Å². The summed E-state index contributed by atoms with van der Waals surface area (Å²) in [6, 6.07) is 0. The lowest BCUT2D eigenvalue weighted by atomic mass is 9.70. The number of rotatable bonds is 2. The summed E-state index contributed by atoms with van der Waals surface area (Å²) in [5.74, 6) is 1.47. The highest BCUT2D eigenvalue weighted by Gasteiger charge is 2.33. The van der Waals surface area contributed by atoms with Crippen LogP contribution in [0.25, 0.3) is 0 Å². The Morgan fingerprint density at radius 1 is 1.13 bits per heavy atom. The number of carbonyl (C=O) groups excluding carboxylic acids is 1. The van der Waals surface area contributed by atoms with E-state index in [0.29, 0.717) is 0 Å². The summed E-state index contributed by atoms with van der Waals surface area (Å²) in [5, 5.41) is 0. The first kappa shape index (κ1) is 10.7. The highest BCUT2D eigenvalue weighted by molar-refractivity contribution is 5.81. The molecule has 2 aliphatic rings. The standard InChI is InChI=1S/C13H20O2/c1-2-13(14)15-12-8-7-10-5-3-4-6-11(10)9-12/h2,10-12H,1,3-9H2/t10-,11+,12+/m0/s1. The highest BCUT2D eigenvalue weighted by atomic mass is 16.5. The van der Waals surface area contributed by atoms with Crippen molar-refractivity contribution in [3.05, 3.63) is 12.7 Å². The van der Waals surface area contributed by atoms with Crippen LogP contribution in [0.4, 0.5) is 0 Å². The van der Waals surface area contributed by atoms with E-state index in [1.54, 1.807) is 0 Å². The zero-order valence-electron chi connectivity index (χ0n) is 9.28. The molecular formula is C13H20O2. The lowest BCUT2D eigenvalue weighted by Crippen LogP contribution is -2.32. The SMILES string of the molecule is C=CC(=O)O[C@@H]1CC[C@@H]2CCCC[C@@H]2C1. The van der Waals surface area contributed by atoms with Gasteiger partial charge in [0, 0.05) is 6.08 Å². The Kier molecular flexibility index (Phi) is 3.45. The molecule has 0 N–H and O–H groups in total. The second-order valence-corrected chi connectivity index (χ2v) is 4.88. The molecule has 0 saturated heterocycles. The third kappa shape index (κ3) is 2.61. The van der Waals surface area contributed by atoms with Crippen LogP contribution in [-0.4, -0.2) is 12.1 Å². The number of hydrogen-bond acceptors (Lipinski definition) is 2. The molecule has 0 spiro atoms. The molecule has 2 heteroatoms. The molecule has 0 heterocycles. The minimum Gasteiger partial charge on any atom is -0.459 e. The molecule has 0 radical (unpaired) electrons. The molecule has 2 fully saturated rings. The van der Waals surface area contributed by atoms with Gasteiger partial charge in [0.1, 0.15) is 6.10 Å². The van der Waals surface area contributed by atoms with E-state index in [-0.39, 0.29) is 12.1 Å². The lowest BCUT2D eigenvalue weighted by Gasteiger charge is -2.38. The van der Waals surface area contributed by atoms with Crippen molar-refractivity contribution in [3.63, 3.8) is 0 Å². The van der Waals surface area contributed by atoms with Crippen LogP contribution in [0.1, 0.15) is 44.9 Å². The Bertz CT molecular complexity index is 247. The second kappa shape index (κ2) is 4.82. The van der Waals surface area contributed by atoms with E-state index in [1.807, 2.05) is 0 Å². The highest BCUT2D eigenvalue weighted by Crippen LogP contribution is 2.41. The van der Waals surface area contributed by atoms with Crippen LogP contribution in [-0.2, 0) is 9.53 Å². The van der Waals surface area contributed by atoms with Crippen LogP contribution in [0.2, 0.25) is 0 Å². The molecule has 2 aliphatic carbocycles. The molecule has 0 aromatic rings. The molecule has 2 rings (SSSR count). The Morgan fingerprint density at radius 2 is 1.87 bits per heavy atom. The third-order valence-electron chi connectivity index (χ3n) is 3.94. The van der Waals surface area contributed by atoms with E-state index in [9.17, 15) is 4.79 Å². The maximum absolute atomic E-state index is 11.1. The summed E-state index contributed by atoms with van der Waals surface area (Å²) in [7, 11) is 0. The van der Waals surface area contributed by atoms with Crippen LogP contribution in [0, 0.1) is 11.8 Å². The van der Waals surface area contributed by atoms with E-state index in [4.69, 9.17) is 4.74 Å². The van der Waals surface area contributed by atoms with E-state index in [0.717, 1.165) is 24.7 Å². The predicted octanol–water partition coefficient (Wildman–Crippen LogP) is 3.07. The topological polar surface area (TPSA) is 26.3 Å². The molecule has 0 aliphatic heterocycles. The van der Waals surface area contributed by atoms with Crippen molar-refractivity contribution in [3.8, 4) is 0 Å². The van der Waals surface area contributed by atoms with E-state index < -0.39 is 0 Å². The zero-order chi connectivity index (χ0) is 10.7. The van der Waals surface area contributed by atoms with Gasteiger partial charge in [-0.2, -0.15) is 0 Å². The van der Waals surface area contributed by atoms with E-state index in [2.05, 4.69) is 6.58 Å². The fourth-order valence-corrected chi connectivity index (χ4v) is 3.15. The van der Waals surface area contributed by atoms with Gasteiger partial charge in [0.25, 0.3) is 0 Å². The molecule has 15 heavy (non-hydrogen) atoms. The molecule has 2 saturated carbocycles. The minimum absolute atomic E-state index is 0.162. The summed E-state index contributed by atoms with van der Waals surface area (Å²) in [5.41, 5.74) is 0. The maximum Gasteiger partial charge on any atom is 0.330 e. The first-order valence-electron chi connectivity index (χ1n) is 6.12. The molecular weight excluding hydrogens is 188 g/mol. The molecule has 0 amide bonds. The number of carbonyl (C=O) groups is 1. The van der Waals surface area contributed by atoms with E-state index >= 15 is 0 Å². The number of esters is 1. The van der Waals surface area contributed by atoms with Gasteiger partial charge < -0.3 is 4.74 Å². The van der Waals surface area contributed by atoms with Crippen LogP contribution < -0.4 is 0 Å². The summed E-state index contributed by atoms with van der Waals surface area (Å²) in [6.45, 7) is 3.43. The van der Waals surface area contributed by atoms with Crippen LogP contribution in [0.15, 0.2) is 12.7 Å². The Labute approximate surface area is 91.7 Å². The van der Waals surface area contributed by atoms with Crippen LogP contribution in [0.3, 0.4) is 0 Å². The second-order valence-electron chi connectivity index (χ2n) is 4.88. The first-order valence-corrected chi connectivity index (χ1v) is 6.12. The van der Waals surface area contributed by atoms with Crippen molar-refractivity contribution in [2.45, 2.75) is 51.0 Å². The Hall–Kier alpha value is -0.790. The third-order valence-corrected chi connectivity index (χ3v) is 3.94. The van der Waals surface area contributed by atoms with Gasteiger partial charge in [-0.25, -0.2) is 4.79 Å². The van der Waals surface area contributed by atoms with Gasteiger partial charge in [-0.1, -0.05) is 32.3 Å². The minimum atomic E-state index is -0.255. The Balaban J connectivity index is 1.85. The molecule has 0 aromatic heterocycles. The smallest absolute Gasteiger partial charge is 0.330 e. The molecule has 2 nitrogen and oxygen atoms in total. The van der Waals surface area contributed by atoms with Crippen molar-refractivity contribution in [1.82, 2.24) is 0 Å². The van der Waals surface area contributed by atoms with Crippen LogP contribution >= 0.6 is 0 Å².